The zero-order valence-corrected chi connectivity index (χ0v) is 15.2. The van der Waals surface area contributed by atoms with E-state index in [9.17, 15) is 10.2 Å². The molecule has 0 amide bonds. The highest BCUT2D eigenvalue weighted by molar-refractivity contribution is 7.80. The van der Waals surface area contributed by atoms with Crippen LogP contribution in [0.3, 0.4) is 0 Å². The van der Waals surface area contributed by atoms with Crippen molar-refractivity contribution in [3.05, 3.63) is 59.7 Å². The van der Waals surface area contributed by atoms with Crippen LogP contribution in [0.2, 0.25) is 0 Å². The number of aromatic hydroxyl groups is 2. The molecule has 0 saturated carbocycles. The molecule has 1 heterocycles. The van der Waals surface area contributed by atoms with Crippen molar-refractivity contribution in [2.45, 2.75) is 18.9 Å². The van der Waals surface area contributed by atoms with Crippen LogP contribution in [0, 0.1) is 13.8 Å². The Morgan fingerprint density at radius 3 is 2.54 bits per heavy atom. The number of phenols is 2. The van der Waals surface area contributed by atoms with Crippen molar-refractivity contribution >= 4 is 23.4 Å². The summed E-state index contributed by atoms with van der Waals surface area (Å²) in [6.07, 6.45) is 0. The monoisotopic (exact) mass is 363 g/mol. The van der Waals surface area contributed by atoms with Crippen molar-refractivity contribution in [1.82, 2.24) is 15.0 Å². The maximum Gasteiger partial charge on any atom is 0.148 e. The topological polar surface area (TPSA) is 71.2 Å². The molecule has 0 aliphatic heterocycles. The molecule has 1 aromatic heterocycles. The minimum Gasteiger partial charge on any atom is -0.508 e. The number of aromatic nitrogens is 3. The van der Waals surface area contributed by atoms with Crippen LogP contribution < -0.4 is 0 Å². The minimum absolute atomic E-state index is 0.0350. The summed E-state index contributed by atoms with van der Waals surface area (Å²) >= 11 is 4.63. The summed E-state index contributed by atoms with van der Waals surface area (Å²) in [7, 11) is 0. The van der Waals surface area contributed by atoms with Gasteiger partial charge in [-0.3, -0.25) is 0 Å². The Hall–Kier alpha value is -2.99. The van der Waals surface area contributed by atoms with Gasteiger partial charge in [0.05, 0.1) is 0 Å². The third-order valence-electron chi connectivity index (χ3n) is 4.59. The average molecular weight is 363 g/mol. The molecule has 0 fully saturated rings. The van der Waals surface area contributed by atoms with Gasteiger partial charge in [-0.1, -0.05) is 47.7 Å². The molecule has 2 N–H and O–H groups in total. The van der Waals surface area contributed by atoms with E-state index in [0.29, 0.717) is 27.5 Å². The zero-order chi connectivity index (χ0) is 18.4. The van der Waals surface area contributed by atoms with E-state index >= 15 is 0 Å². The first kappa shape index (κ1) is 16.5. The molecule has 3 aromatic carbocycles. The fraction of sp³-hybridized carbons (Fsp3) is 0.100. The number of phenolic OH excluding ortho intramolecular Hbond substituents is 2. The van der Waals surface area contributed by atoms with Crippen LogP contribution in [0.4, 0.5) is 0 Å². The highest BCUT2D eigenvalue weighted by atomic mass is 32.1. The minimum atomic E-state index is -0.0350. The third-order valence-corrected chi connectivity index (χ3v) is 4.99. The Bertz CT molecular complexity index is 1150. The fourth-order valence-electron chi connectivity index (χ4n) is 3.17. The van der Waals surface area contributed by atoms with E-state index < -0.39 is 0 Å². The van der Waals surface area contributed by atoms with Crippen LogP contribution in [0.15, 0.2) is 53.6 Å². The van der Waals surface area contributed by atoms with E-state index in [1.807, 2.05) is 42.5 Å². The van der Waals surface area contributed by atoms with Gasteiger partial charge in [0.25, 0.3) is 0 Å². The van der Waals surface area contributed by atoms with Gasteiger partial charge < -0.3 is 10.2 Å². The Morgan fingerprint density at radius 2 is 1.73 bits per heavy atom. The molecule has 6 heteroatoms. The van der Waals surface area contributed by atoms with Crippen molar-refractivity contribution in [2.24, 2.45) is 0 Å². The third kappa shape index (κ3) is 2.42. The van der Waals surface area contributed by atoms with Gasteiger partial charge >= 0.3 is 0 Å². The van der Waals surface area contributed by atoms with Gasteiger partial charge in [-0.2, -0.15) is 0 Å². The van der Waals surface area contributed by atoms with Crippen LogP contribution in [0.25, 0.3) is 27.7 Å². The molecule has 26 heavy (non-hydrogen) atoms. The van der Waals surface area contributed by atoms with E-state index in [-0.39, 0.29) is 11.5 Å². The number of rotatable bonds is 2. The van der Waals surface area contributed by atoms with Gasteiger partial charge in [-0.25, -0.2) is 4.68 Å². The van der Waals surface area contributed by atoms with Crippen LogP contribution in [0.1, 0.15) is 11.1 Å². The summed E-state index contributed by atoms with van der Waals surface area (Å²) in [6, 6.07) is 15.6. The first-order valence-corrected chi connectivity index (χ1v) is 8.59. The van der Waals surface area contributed by atoms with Crippen molar-refractivity contribution in [1.29, 1.82) is 0 Å². The first-order chi connectivity index (χ1) is 12.5. The summed E-state index contributed by atoms with van der Waals surface area (Å²) < 4.78 is 1.50. The van der Waals surface area contributed by atoms with Gasteiger partial charge in [0, 0.05) is 11.1 Å². The largest absolute Gasteiger partial charge is 0.508 e. The lowest BCUT2D eigenvalue weighted by Crippen LogP contribution is -2.02. The summed E-state index contributed by atoms with van der Waals surface area (Å²) in [4.78, 5) is 0. The molecule has 4 aromatic rings. The Morgan fingerprint density at radius 1 is 1.00 bits per heavy atom. The van der Waals surface area contributed by atoms with E-state index in [0.717, 1.165) is 16.3 Å². The second-order valence-electron chi connectivity index (χ2n) is 6.23. The lowest BCUT2D eigenvalue weighted by Gasteiger charge is -2.13. The quantitative estimate of drug-likeness (QED) is 0.462. The van der Waals surface area contributed by atoms with E-state index in [4.69, 9.17) is 0 Å². The molecule has 0 aliphatic rings. The van der Waals surface area contributed by atoms with Gasteiger partial charge in [0.2, 0.25) is 0 Å². The molecule has 0 radical (unpaired) electrons. The molecule has 5 nitrogen and oxygen atoms in total. The average Bonchev–Trinajstić information content (AvgIpc) is 3.00. The summed E-state index contributed by atoms with van der Waals surface area (Å²) in [5, 5.41) is 31.6. The molecule has 0 aliphatic carbocycles. The molecule has 0 unspecified atom stereocenters. The number of hydrogen-bond acceptors (Lipinski definition) is 5. The predicted molar refractivity (Wildman–Crippen MR) is 104 cm³/mol. The number of aryl methyl sites for hydroxylation is 1. The predicted octanol–water partition coefficient (Wildman–Crippen LogP) is 4.40. The molecule has 130 valence electrons. The van der Waals surface area contributed by atoms with E-state index in [1.165, 1.54) is 4.68 Å². The lowest BCUT2D eigenvalue weighted by molar-refractivity contribution is 0.438. The van der Waals surface area contributed by atoms with Crippen molar-refractivity contribution in [3.63, 3.8) is 0 Å². The molecule has 0 saturated heterocycles. The van der Waals surface area contributed by atoms with Crippen LogP contribution >= 0.6 is 12.6 Å². The number of fused-ring (bicyclic) bond motifs is 1. The van der Waals surface area contributed by atoms with Crippen molar-refractivity contribution in [3.8, 4) is 28.4 Å². The Kier molecular flexibility index (Phi) is 3.85. The maximum absolute atomic E-state index is 10.5. The second kappa shape index (κ2) is 6.07. The normalized spacial score (nSPS) is 11.2. The fourth-order valence-corrected chi connectivity index (χ4v) is 3.47. The molecular formula is C20H17N3O2S. The Balaban J connectivity index is 1.95. The molecule has 4 rings (SSSR count). The number of hydrogen-bond donors (Lipinski definition) is 3. The zero-order valence-electron chi connectivity index (χ0n) is 14.3. The molecular weight excluding hydrogens is 346 g/mol. The van der Waals surface area contributed by atoms with E-state index in [1.54, 1.807) is 19.9 Å². The van der Waals surface area contributed by atoms with E-state index in [2.05, 4.69) is 22.9 Å². The van der Waals surface area contributed by atoms with Gasteiger partial charge in [-0.15, -0.1) is 17.7 Å². The van der Waals surface area contributed by atoms with Gasteiger partial charge in [0.1, 0.15) is 27.9 Å². The van der Waals surface area contributed by atoms with Crippen molar-refractivity contribution in [2.75, 3.05) is 0 Å². The highest BCUT2D eigenvalue weighted by Gasteiger charge is 2.20. The van der Waals surface area contributed by atoms with Crippen molar-refractivity contribution < 1.29 is 10.2 Å². The van der Waals surface area contributed by atoms with Crippen LogP contribution in [-0.2, 0) is 0 Å². The lowest BCUT2D eigenvalue weighted by atomic mass is 10.0. The Labute approximate surface area is 155 Å². The summed E-state index contributed by atoms with van der Waals surface area (Å²) in [6.45, 7) is 3.44. The van der Waals surface area contributed by atoms with Crippen LogP contribution in [0.5, 0.6) is 11.5 Å². The molecule has 0 bridgehead atoms. The summed E-state index contributed by atoms with van der Waals surface area (Å²) in [5.74, 6) is 0.00558. The molecule has 0 spiro atoms. The standard InChI is InChI=1S/C20H17N3O2S/c1-11-10-16(24)12(2)19(25)18(11)23-20(26)17(21-22-23)15-9-5-7-13-6-3-4-8-14(13)15/h3-10,24-26H,1-2H3. The van der Waals surface area contributed by atoms with Gasteiger partial charge in [0.15, 0.2) is 0 Å². The molecule has 0 atom stereocenters. The summed E-state index contributed by atoms with van der Waals surface area (Å²) in [5.41, 5.74) is 3.08. The smallest absolute Gasteiger partial charge is 0.148 e. The van der Waals surface area contributed by atoms with Crippen LogP contribution in [-0.4, -0.2) is 25.2 Å². The number of benzene rings is 3. The maximum atomic E-state index is 10.5. The van der Waals surface area contributed by atoms with Gasteiger partial charge in [-0.05, 0) is 36.2 Å². The second-order valence-corrected chi connectivity index (χ2v) is 6.66. The number of thiol groups is 1. The highest BCUT2D eigenvalue weighted by Crippen LogP contribution is 2.38. The number of nitrogens with zero attached hydrogens (tertiary/aromatic N) is 3. The first-order valence-electron chi connectivity index (χ1n) is 8.14. The SMILES string of the molecule is Cc1cc(O)c(C)c(O)c1-n1nnc(-c2cccc3ccccc23)c1S.